The number of aromatic carboxylic acids is 1. The molecule has 0 amide bonds. The summed E-state index contributed by atoms with van der Waals surface area (Å²) in [5.74, 6) is -1.05. The molecule has 0 saturated carbocycles. The molecule has 0 aliphatic carbocycles. The Labute approximate surface area is 69.3 Å². The van der Waals surface area contributed by atoms with E-state index in [1.807, 2.05) is 0 Å². The summed E-state index contributed by atoms with van der Waals surface area (Å²) < 4.78 is 10.5. The molecule has 1 atom stereocenters. The Hall–Kier alpha value is -1.25. The summed E-state index contributed by atoms with van der Waals surface area (Å²) in [5, 5.41) is 8.71. The van der Waals surface area contributed by atoms with Gasteiger partial charge in [-0.2, -0.15) is 4.89 Å². The second-order valence-corrected chi connectivity index (χ2v) is 3.19. The highest BCUT2D eigenvalue weighted by atomic mass is 31.1. The fraction of sp³-hybridized carbons (Fsp3) is 0. The molecule has 0 aromatic heterocycles. The van der Waals surface area contributed by atoms with Gasteiger partial charge in [0.15, 0.2) is 0 Å². The van der Waals surface area contributed by atoms with Gasteiger partial charge in [0.2, 0.25) is 5.30 Å². The van der Waals surface area contributed by atoms with Gasteiger partial charge in [0.05, 0.1) is 5.56 Å². The zero-order valence-electron chi connectivity index (χ0n) is 5.97. The van der Waals surface area contributed by atoms with Gasteiger partial charge in [0, 0.05) is 0 Å². The molecule has 62 valence electrons. The molecule has 1 aromatic carbocycles. The van der Waals surface area contributed by atoms with Gasteiger partial charge in [-0.1, -0.05) is 0 Å². The molecule has 0 bridgehead atoms. The minimum atomic E-state index is -2.37. The molecule has 5 heteroatoms. The standard InChI is InChI=1S/C7H5O4P/c8-7(9)5-1-3-6(4-2-5)12(10)11/h1-4H,(H-,8,9,10,11)/p+1. The number of carboxylic acids is 1. The van der Waals surface area contributed by atoms with Crippen molar-refractivity contribution in [3.63, 3.8) is 0 Å². The van der Waals surface area contributed by atoms with E-state index in [-0.39, 0.29) is 10.9 Å². The third-order valence-electron chi connectivity index (χ3n) is 1.34. The predicted molar refractivity (Wildman–Crippen MR) is 42.9 cm³/mol. The summed E-state index contributed by atoms with van der Waals surface area (Å²) in [7, 11) is -2.37. The Morgan fingerprint density at radius 3 is 2.08 bits per heavy atom. The second kappa shape index (κ2) is 3.43. The molecule has 0 heterocycles. The quantitative estimate of drug-likeness (QED) is 0.666. The van der Waals surface area contributed by atoms with Gasteiger partial charge >= 0.3 is 14.0 Å². The van der Waals surface area contributed by atoms with Gasteiger partial charge in [-0.05, 0) is 28.8 Å². The topological polar surface area (TPSA) is 74.6 Å². The Balaban J connectivity index is 3.01. The average Bonchev–Trinajstić information content (AvgIpc) is 2.04. The minimum absolute atomic E-state index is 0.107. The van der Waals surface area contributed by atoms with Crippen LogP contribution in [0, 0.1) is 0 Å². The van der Waals surface area contributed by atoms with Crippen molar-refractivity contribution in [1.29, 1.82) is 0 Å². The van der Waals surface area contributed by atoms with Crippen molar-refractivity contribution in [1.82, 2.24) is 0 Å². The first kappa shape index (κ1) is 8.84. The van der Waals surface area contributed by atoms with Crippen molar-refractivity contribution in [2.24, 2.45) is 0 Å². The molecule has 0 spiro atoms. The highest BCUT2D eigenvalue weighted by Gasteiger charge is 2.15. The van der Waals surface area contributed by atoms with Crippen LogP contribution in [0.1, 0.15) is 10.4 Å². The highest BCUT2D eigenvalue weighted by Crippen LogP contribution is 2.12. The first-order chi connectivity index (χ1) is 5.61. The smallest absolute Gasteiger partial charge is 0.478 e. The largest absolute Gasteiger partial charge is 0.546 e. The van der Waals surface area contributed by atoms with E-state index in [4.69, 9.17) is 10.00 Å². The van der Waals surface area contributed by atoms with Gasteiger partial charge in [0.1, 0.15) is 0 Å². The third kappa shape index (κ3) is 1.87. The number of rotatable bonds is 2. The fourth-order valence-electron chi connectivity index (χ4n) is 0.732. The van der Waals surface area contributed by atoms with Crippen LogP contribution in [0.5, 0.6) is 0 Å². The summed E-state index contributed by atoms with van der Waals surface area (Å²) in [6.45, 7) is 0. The summed E-state index contributed by atoms with van der Waals surface area (Å²) in [6, 6.07) is 5.23. The van der Waals surface area contributed by atoms with Crippen LogP contribution in [0.2, 0.25) is 0 Å². The Morgan fingerprint density at radius 2 is 1.75 bits per heavy atom. The van der Waals surface area contributed by atoms with Crippen LogP contribution >= 0.6 is 8.03 Å². The molecule has 0 radical (unpaired) electrons. The molecule has 0 aliphatic heterocycles. The van der Waals surface area contributed by atoms with E-state index in [1.54, 1.807) is 0 Å². The maximum absolute atomic E-state index is 10.5. The van der Waals surface area contributed by atoms with E-state index in [0.29, 0.717) is 0 Å². The van der Waals surface area contributed by atoms with E-state index in [9.17, 15) is 9.36 Å². The Morgan fingerprint density at radius 1 is 1.25 bits per heavy atom. The number of hydrogen-bond acceptors (Lipinski definition) is 2. The molecule has 12 heavy (non-hydrogen) atoms. The Bertz CT molecular complexity index is 284. The average molecular weight is 185 g/mol. The molecule has 4 nitrogen and oxygen atoms in total. The first-order valence-corrected chi connectivity index (χ1v) is 4.32. The molecular weight excluding hydrogens is 179 g/mol. The molecule has 0 saturated heterocycles. The molecule has 0 aliphatic rings. The molecule has 0 fully saturated rings. The lowest BCUT2D eigenvalue weighted by Gasteiger charge is -1.89. The van der Waals surface area contributed by atoms with Crippen LogP contribution in [0.3, 0.4) is 0 Å². The van der Waals surface area contributed by atoms with Crippen molar-refractivity contribution < 1.29 is 19.4 Å². The van der Waals surface area contributed by atoms with Gasteiger partial charge in [-0.15, -0.1) is 0 Å². The third-order valence-corrected chi connectivity index (χ3v) is 2.08. The van der Waals surface area contributed by atoms with Gasteiger partial charge in [-0.25, -0.2) is 4.79 Å². The van der Waals surface area contributed by atoms with Crippen LogP contribution in [0.25, 0.3) is 0 Å². The highest BCUT2D eigenvalue weighted by molar-refractivity contribution is 7.47. The van der Waals surface area contributed by atoms with Crippen molar-refractivity contribution in [2.75, 3.05) is 0 Å². The fourth-order valence-corrected chi connectivity index (χ4v) is 1.14. The SMILES string of the molecule is O=C(O)c1ccc([P+](=O)O)cc1. The predicted octanol–water partition coefficient (Wildman–Crippen LogP) is 0.745. The summed E-state index contributed by atoms with van der Waals surface area (Å²) >= 11 is 0. The van der Waals surface area contributed by atoms with Crippen LogP contribution in [0.15, 0.2) is 24.3 Å². The molecular formula is C7H6O4P+. The summed E-state index contributed by atoms with van der Waals surface area (Å²) in [6.07, 6.45) is 0. The van der Waals surface area contributed by atoms with Crippen LogP contribution in [-0.4, -0.2) is 16.0 Å². The maximum atomic E-state index is 10.5. The van der Waals surface area contributed by atoms with Crippen LogP contribution in [-0.2, 0) is 4.57 Å². The molecule has 2 N–H and O–H groups in total. The van der Waals surface area contributed by atoms with Crippen molar-refractivity contribution >= 4 is 19.3 Å². The number of carboxylic acid groups (broad SMARTS) is 1. The van der Waals surface area contributed by atoms with Gasteiger partial charge < -0.3 is 5.11 Å². The van der Waals surface area contributed by atoms with E-state index < -0.39 is 14.0 Å². The Kier molecular flexibility index (Phi) is 2.53. The normalized spacial score (nSPS) is 10.9. The second-order valence-electron chi connectivity index (χ2n) is 2.12. The number of benzene rings is 1. The van der Waals surface area contributed by atoms with E-state index in [1.165, 1.54) is 24.3 Å². The maximum Gasteiger partial charge on any atom is 0.546 e. The van der Waals surface area contributed by atoms with E-state index in [2.05, 4.69) is 0 Å². The van der Waals surface area contributed by atoms with E-state index >= 15 is 0 Å². The summed E-state index contributed by atoms with van der Waals surface area (Å²) in [4.78, 5) is 19.0. The lowest BCUT2D eigenvalue weighted by Crippen LogP contribution is -2.00. The first-order valence-electron chi connectivity index (χ1n) is 3.11. The zero-order chi connectivity index (χ0) is 9.14. The monoisotopic (exact) mass is 185 g/mol. The van der Waals surface area contributed by atoms with Crippen molar-refractivity contribution in [3.05, 3.63) is 29.8 Å². The number of hydrogen-bond donors (Lipinski definition) is 2. The lowest BCUT2D eigenvalue weighted by molar-refractivity contribution is 0.0697. The van der Waals surface area contributed by atoms with Gasteiger partial charge in [0.25, 0.3) is 0 Å². The number of carbonyl (C=O) groups is 1. The molecule has 1 unspecified atom stereocenters. The van der Waals surface area contributed by atoms with Crippen molar-refractivity contribution in [3.8, 4) is 0 Å². The zero-order valence-corrected chi connectivity index (χ0v) is 6.86. The van der Waals surface area contributed by atoms with Gasteiger partial charge in [-0.3, -0.25) is 0 Å². The van der Waals surface area contributed by atoms with Crippen LogP contribution in [0.4, 0.5) is 0 Å². The lowest BCUT2D eigenvalue weighted by atomic mass is 10.2. The van der Waals surface area contributed by atoms with Crippen LogP contribution < -0.4 is 5.30 Å². The van der Waals surface area contributed by atoms with Crippen molar-refractivity contribution in [2.45, 2.75) is 0 Å². The molecule has 1 rings (SSSR count). The molecule has 1 aromatic rings. The summed E-state index contributed by atoms with van der Waals surface area (Å²) in [5.41, 5.74) is 0.107. The minimum Gasteiger partial charge on any atom is -0.478 e. The van der Waals surface area contributed by atoms with E-state index in [0.717, 1.165) is 0 Å².